The SMILES string of the molecule is COc1cccc(NC2=CC(=O)O[C@H](C)C2)c1. The van der Waals surface area contributed by atoms with Gasteiger partial charge in [0.15, 0.2) is 0 Å². The molecule has 0 spiro atoms. The van der Waals surface area contributed by atoms with Gasteiger partial charge in [-0.05, 0) is 19.1 Å². The summed E-state index contributed by atoms with van der Waals surface area (Å²) in [6.45, 7) is 1.87. The van der Waals surface area contributed by atoms with Crippen LogP contribution in [0.15, 0.2) is 36.0 Å². The molecule has 0 bridgehead atoms. The van der Waals surface area contributed by atoms with Gasteiger partial charge in [0.2, 0.25) is 0 Å². The van der Waals surface area contributed by atoms with Crippen molar-refractivity contribution >= 4 is 11.7 Å². The van der Waals surface area contributed by atoms with Gasteiger partial charge < -0.3 is 14.8 Å². The Labute approximate surface area is 100 Å². The molecule has 1 N–H and O–H groups in total. The second-order valence-electron chi connectivity index (χ2n) is 3.98. The molecule has 0 unspecified atom stereocenters. The molecule has 1 heterocycles. The van der Waals surface area contributed by atoms with Crippen molar-refractivity contribution in [3.63, 3.8) is 0 Å². The van der Waals surface area contributed by atoms with Gasteiger partial charge in [-0.3, -0.25) is 0 Å². The third-order valence-corrected chi connectivity index (χ3v) is 2.49. The minimum absolute atomic E-state index is 0.0828. The highest BCUT2D eigenvalue weighted by Crippen LogP contribution is 2.21. The molecular formula is C13H15NO3. The molecule has 1 aliphatic rings. The van der Waals surface area contributed by atoms with E-state index < -0.39 is 0 Å². The Hall–Kier alpha value is -1.97. The largest absolute Gasteiger partial charge is 0.497 e. The summed E-state index contributed by atoms with van der Waals surface area (Å²) in [5.74, 6) is 0.483. The smallest absolute Gasteiger partial charge is 0.332 e. The highest BCUT2D eigenvalue weighted by atomic mass is 16.5. The molecule has 0 aliphatic carbocycles. The van der Waals surface area contributed by atoms with E-state index in [2.05, 4.69) is 5.32 Å². The number of esters is 1. The van der Waals surface area contributed by atoms with Crippen LogP contribution in [0.3, 0.4) is 0 Å². The fourth-order valence-electron chi connectivity index (χ4n) is 1.76. The second kappa shape index (κ2) is 4.91. The van der Waals surface area contributed by atoms with E-state index in [1.807, 2.05) is 31.2 Å². The van der Waals surface area contributed by atoms with Crippen LogP contribution in [0.1, 0.15) is 13.3 Å². The van der Waals surface area contributed by atoms with Crippen LogP contribution in [-0.2, 0) is 9.53 Å². The highest BCUT2D eigenvalue weighted by Gasteiger charge is 2.17. The van der Waals surface area contributed by atoms with Crippen LogP contribution in [-0.4, -0.2) is 19.2 Å². The quantitative estimate of drug-likeness (QED) is 0.814. The van der Waals surface area contributed by atoms with Crippen LogP contribution in [0, 0.1) is 0 Å². The number of methoxy groups -OCH3 is 1. The molecule has 1 atom stereocenters. The molecule has 90 valence electrons. The van der Waals surface area contributed by atoms with Gasteiger partial charge in [-0.2, -0.15) is 0 Å². The van der Waals surface area contributed by atoms with E-state index in [-0.39, 0.29) is 12.1 Å². The minimum Gasteiger partial charge on any atom is -0.497 e. The van der Waals surface area contributed by atoms with Gasteiger partial charge in [0.05, 0.1) is 7.11 Å². The Bertz CT molecular complexity index is 454. The number of ether oxygens (including phenoxy) is 2. The molecule has 0 saturated heterocycles. The molecular weight excluding hydrogens is 218 g/mol. The van der Waals surface area contributed by atoms with Crippen molar-refractivity contribution in [2.24, 2.45) is 0 Å². The Kier molecular flexibility index (Phi) is 3.32. The molecule has 4 nitrogen and oxygen atoms in total. The van der Waals surface area contributed by atoms with Crippen LogP contribution in [0.25, 0.3) is 0 Å². The molecule has 1 aliphatic heterocycles. The van der Waals surface area contributed by atoms with E-state index in [1.54, 1.807) is 7.11 Å². The minimum atomic E-state index is -0.297. The Balaban J connectivity index is 2.12. The first-order valence-corrected chi connectivity index (χ1v) is 5.49. The number of carbonyl (C=O) groups excluding carboxylic acids is 1. The zero-order valence-corrected chi connectivity index (χ0v) is 9.90. The van der Waals surface area contributed by atoms with Crippen molar-refractivity contribution in [1.82, 2.24) is 0 Å². The van der Waals surface area contributed by atoms with Crippen molar-refractivity contribution in [1.29, 1.82) is 0 Å². The van der Waals surface area contributed by atoms with Gasteiger partial charge in [-0.15, -0.1) is 0 Å². The van der Waals surface area contributed by atoms with E-state index in [0.717, 1.165) is 17.1 Å². The Morgan fingerprint density at radius 3 is 3.00 bits per heavy atom. The van der Waals surface area contributed by atoms with Gasteiger partial charge in [-0.25, -0.2) is 4.79 Å². The van der Waals surface area contributed by atoms with Crippen LogP contribution >= 0.6 is 0 Å². The summed E-state index contributed by atoms with van der Waals surface area (Å²) in [4.78, 5) is 11.2. The molecule has 0 radical (unpaired) electrons. The summed E-state index contributed by atoms with van der Waals surface area (Å²) in [5, 5.41) is 3.20. The molecule has 0 fully saturated rings. The van der Waals surface area contributed by atoms with Crippen molar-refractivity contribution in [3.8, 4) is 5.75 Å². The van der Waals surface area contributed by atoms with Crippen LogP contribution in [0.4, 0.5) is 5.69 Å². The van der Waals surface area contributed by atoms with Crippen LogP contribution in [0.2, 0.25) is 0 Å². The lowest BCUT2D eigenvalue weighted by atomic mass is 10.1. The first kappa shape index (κ1) is 11.5. The predicted molar refractivity (Wildman–Crippen MR) is 64.9 cm³/mol. The number of anilines is 1. The summed E-state index contributed by atoms with van der Waals surface area (Å²) >= 11 is 0. The van der Waals surface area contributed by atoms with Crippen molar-refractivity contribution in [3.05, 3.63) is 36.0 Å². The molecule has 2 rings (SSSR count). The maximum Gasteiger partial charge on any atom is 0.332 e. The zero-order valence-electron chi connectivity index (χ0n) is 9.90. The lowest BCUT2D eigenvalue weighted by Gasteiger charge is -2.20. The Morgan fingerprint density at radius 1 is 1.47 bits per heavy atom. The molecule has 1 aromatic rings. The van der Waals surface area contributed by atoms with E-state index >= 15 is 0 Å². The molecule has 17 heavy (non-hydrogen) atoms. The summed E-state index contributed by atoms with van der Waals surface area (Å²) in [6.07, 6.45) is 2.10. The van der Waals surface area contributed by atoms with E-state index in [4.69, 9.17) is 9.47 Å². The predicted octanol–water partition coefficient (Wildman–Crippen LogP) is 2.33. The number of nitrogens with one attached hydrogen (secondary N) is 1. The number of carbonyl (C=O) groups is 1. The maximum atomic E-state index is 11.2. The van der Waals surface area contributed by atoms with E-state index in [9.17, 15) is 4.79 Å². The highest BCUT2D eigenvalue weighted by molar-refractivity contribution is 5.84. The third kappa shape index (κ3) is 3.00. The van der Waals surface area contributed by atoms with Crippen molar-refractivity contribution < 1.29 is 14.3 Å². The molecule has 0 saturated carbocycles. The molecule has 0 amide bonds. The average molecular weight is 233 g/mol. The molecule has 1 aromatic carbocycles. The van der Waals surface area contributed by atoms with Crippen molar-refractivity contribution in [2.75, 3.05) is 12.4 Å². The molecule has 4 heteroatoms. The normalized spacial score (nSPS) is 19.3. The van der Waals surface area contributed by atoms with Crippen LogP contribution < -0.4 is 10.1 Å². The summed E-state index contributed by atoms with van der Waals surface area (Å²) in [7, 11) is 1.62. The van der Waals surface area contributed by atoms with Gasteiger partial charge in [0, 0.05) is 29.9 Å². The maximum absolute atomic E-state index is 11.2. The first-order chi connectivity index (χ1) is 8.17. The lowest BCUT2D eigenvalue weighted by molar-refractivity contribution is -0.143. The zero-order chi connectivity index (χ0) is 12.3. The second-order valence-corrected chi connectivity index (χ2v) is 3.98. The average Bonchev–Trinajstić information content (AvgIpc) is 2.28. The molecule has 0 aromatic heterocycles. The van der Waals surface area contributed by atoms with Crippen molar-refractivity contribution in [2.45, 2.75) is 19.4 Å². The third-order valence-electron chi connectivity index (χ3n) is 2.49. The van der Waals surface area contributed by atoms with E-state index in [0.29, 0.717) is 6.42 Å². The van der Waals surface area contributed by atoms with Crippen LogP contribution in [0.5, 0.6) is 5.75 Å². The number of hydrogen-bond acceptors (Lipinski definition) is 4. The van der Waals surface area contributed by atoms with Gasteiger partial charge >= 0.3 is 5.97 Å². The van der Waals surface area contributed by atoms with E-state index in [1.165, 1.54) is 6.08 Å². The topological polar surface area (TPSA) is 47.6 Å². The summed E-state index contributed by atoms with van der Waals surface area (Å²) in [5.41, 5.74) is 1.76. The van der Waals surface area contributed by atoms with Gasteiger partial charge in [-0.1, -0.05) is 6.07 Å². The Morgan fingerprint density at radius 2 is 2.29 bits per heavy atom. The van der Waals surface area contributed by atoms with Gasteiger partial charge in [0.1, 0.15) is 11.9 Å². The summed E-state index contributed by atoms with van der Waals surface area (Å²) in [6, 6.07) is 7.57. The lowest BCUT2D eigenvalue weighted by Crippen LogP contribution is -2.22. The monoisotopic (exact) mass is 233 g/mol. The summed E-state index contributed by atoms with van der Waals surface area (Å²) < 4.78 is 10.2. The number of cyclic esters (lactones) is 1. The first-order valence-electron chi connectivity index (χ1n) is 5.49. The fraction of sp³-hybridized carbons (Fsp3) is 0.308. The fourth-order valence-corrected chi connectivity index (χ4v) is 1.76. The standard InChI is InChI=1S/C13H15NO3/c1-9-6-11(8-13(15)17-9)14-10-4-3-5-12(7-10)16-2/h3-5,7-9,14H,6H2,1-2H3/t9-/m1/s1. The number of rotatable bonds is 3. The van der Waals surface area contributed by atoms with Gasteiger partial charge in [0.25, 0.3) is 0 Å². The number of benzene rings is 1. The number of hydrogen-bond donors (Lipinski definition) is 1.